The number of halogens is 2. The van der Waals surface area contributed by atoms with E-state index in [1.54, 1.807) is 18.2 Å². The van der Waals surface area contributed by atoms with Gasteiger partial charge in [0.25, 0.3) is 5.91 Å². The summed E-state index contributed by atoms with van der Waals surface area (Å²) < 4.78 is 18.5. The molecule has 0 fully saturated rings. The van der Waals surface area contributed by atoms with Crippen molar-refractivity contribution < 1.29 is 18.5 Å². The molecule has 0 radical (unpaired) electrons. The maximum absolute atomic E-state index is 12.9. The van der Waals surface area contributed by atoms with Crippen LogP contribution in [0.5, 0.6) is 0 Å². The first kappa shape index (κ1) is 18.7. The number of hydrogen-bond donors (Lipinski definition) is 2. The quantitative estimate of drug-likeness (QED) is 0.583. The van der Waals surface area contributed by atoms with Crippen LogP contribution in [0, 0.1) is 5.82 Å². The van der Waals surface area contributed by atoms with E-state index in [1.807, 2.05) is 6.07 Å². The van der Waals surface area contributed by atoms with Crippen LogP contribution in [0.3, 0.4) is 0 Å². The summed E-state index contributed by atoms with van der Waals surface area (Å²) in [5.41, 5.74) is 1.03. The van der Waals surface area contributed by atoms with E-state index >= 15 is 0 Å². The molecule has 1 aromatic heterocycles. The van der Waals surface area contributed by atoms with Gasteiger partial charge < -0.3 is 15.2 Å². The molecule has 27 heavy (non-hydrogen) atoms. The molecular weight excluding hydrogens is 419 g/mol. The topological polar surface area (TPSA) is 97.1 Å². The number of amides is 2. The van der Waals surface area contributed by atoms with E-state index in [4.69, 9.17) is 4.52 Å². The Hall–Kier alpha value is -3.07. The van der Waals surface area contributed by atoms with E-state index in [1.165, 1.54) is 24.3 Å². The average molecular weight is 433 g/mol. The molecule has 0 saturated carbocycles. The zero-order chi connectivity index (χ0) is 19.2. The lowest BCUT2D eigenvalue weighted by Crippen LogP contribution is -2.34. The summed E-state index contributed by atoms with van der Waals surface area (Å²) in [6, 6.07) is 12.5. The lowest BCUT2D eigenvalue weighted by Gasteiger charge is -2.07. The maximum Gasteiger partial charge on any atom is 0.316 e. The number of nitrogens with one attached hydrogen (secondary N) is 2. The Balaban J connectivity index is 1.49. The molecule has 0 atom stereocenters. The molecule has 0 aliphatic rings. The molecule has 2 N–H and O–H groups in total. The van der Waals surface area contributed by atoms with Gasteiger partial charge >= 0.3 is 11.8 Å². The predicted molar refractivity (Wildman–Crippen MR) is 98.5 cm³/mol. The molecule has 3 aromatic rings. The van der Waals surface area contributed by atoms with Crippen LogP contribution in [0.4, 0.5) is 4.39 Å². The Kier molecular flexibility index (Phi) is 5.92. The normalized spacial score (nSPS) is 10.4. The number of hydrogen-bond acceptors (Lipinski definition) is 5. The van der Waals surface area contributed by atoms with Crippen LogP contribution >= 0.6 is 15.9 Å². The van der Waals surface area contributed by atoms with Gasteiger partial charge in [-0.25, -0.2) is 4.39 Å². The van der Waals surface area contributed by atoms with E-state index < -0.39 is 5.91 Å². The van der Waals surface area contributed by atoms with Gasteiger partial charge in [0, 0.05) is 23.1 Å². The van der Waals surface area contributed by atoms with Crippen LogP contribution in [0.2, 0.25) is 0 Å². The van der Waals surface area contributed by atoms with Gasteiger partial charge in [-0.05, 0) is 52.3 Å². The standard InChI is InChI=1S/C18H14BrFN4O3/c19-14-4-2-1-3-13(14)16(25)21-9-10-22-17(26)18-23-15(24-27-18)11-5-7-12(20)8-6-11/h1-8H,9-10H2,(H,21,25)(H,22,26). The number of nitrogens with zero attached hydrogens (tertiary/aromatic N) is 2. The first-order valence-corrected chi connectivity index (χ1v) is 8.74. The summed E-state index contributed by atoms with van der Waals surface area (Å²) in [7, 11) is 0. The number of benzene rings is 2. The monoisotopic (exact) mass is 432 g/mol. The average Bonchev–Trinajstić information content (AvgIpc) is 3.16. The molecule has 0 unspecified atom stereocenters. The van der Waals surface area contributed by atoms with Crippen molar-refractivity contribution in [1.29, 1.82) is 0 Å². The molecule has 0 spiro atoms. The highest BCUT2D eigenvalue weighted by molar-refractivity contribution is 9.10. The summed E-state index contributed by atoms with van der Waals surface area (Å²) in [4.78, 5) is 28.0. The fraction of sp³-hybridized carbons (Fsp3) is 0.111. The zero-order valence-electron chi connectivity index (χ0n) is 13.9. The molecule has 2 aromatic carbocycles. The third-order valence-corrected chi connectivity index (χ3v) is 4.23. The Morgan fingerprint density at radius 1 is 1.00 bits per heavy atom. The van der Waals surface area contributed by atoms with Crippen LogP contribution in [0.25, 0.3) is 11.4 Å². The summed E-state index contributed by atoms with van der Waals surface area (Å²) in [6.45, 7) is 0.411. The van der Waals surface area contributed by atoms with Crippen LogP contribution in [0.15, 0.2) is 57.5 Å². The van der Waals surface area contributed by atoms with Gasteiger partial charge in [-0.2, -0.15) is 4.98 Å². The van der Waals surface area contributed by atoms with Crippen molar-refractivity contribution in [3.8, 4) is 11.4 Å². The fourth-order valence-corrected chi connectivity index (χ4v) is 2.67. The minimum Gasteiger partial charge on any atom is -0.350 e. The Labute approximate surface area is 162 Å². The van der Waals surface area contributed by atoms with Gasteiger partial charge in [-0.3, -0.25) is 9.59 Å². The van der Waals surface area contributed by atoms with Gasteiger partial charge in [0.1, 0.15) is 5.82 Å². The van der Waals surface area contributed by atoms with Crippen LogP contribution in [0.1, 0.15) is 21.0 Å². The highest BCUT2D eigenvalue weighted by Crippen LogP contribution is 2.16. The highest BCUT2D eigenvalue weighted by atomic mass is 79.9. The van der Waals surface area contributed by atoms with Crippen LogP contribution < -0.4 is 10.6 Å². The molecule has 0 saturated heterocycles. The Morgan fingerprint density at radius 3 is 2.37 bits per heavy atom. The van der Waals surface area contributed by atoms with Gasteiger partial charge in [-0.1, -0.05) is 17.3 Å². The summed E-state index contributed by atoms with van der Waals surface area (Å²) in [5, 5.41) is 8.97. The van der Waals surface area contributed by atoms with Gasteiger partial charge in [0.05, 0.1) is 5.56 Å². The second-order valence-corrected chi connectivity index (χ2v) is 6.28. The van der Waals surface area contributed by atoms with Gasteiger partial charge in [0.15, 0.2) is 0 Å². The minimum atomic E-state index is -0.564. The van der Waals surface area contributed by atoms with E-state index in [0.29, 0.717) is 15.6 Å². The van der Waals surface area contributed by atoms with E-state index in [-0.39, 0.29) is 36.5 Å². The van der Waals surface area contributed by atoms with Crippen molar-refractivity contribution >= 4 is 27.7 Å². The number of carbonyl (C=O) groups excluding carboxylic acids is 2. The number of rotatable bonds is 6. The molecule has 1 heterocycles. The molecule has 2 amide bonds. The lowest BCUT2D eigenvalue weighted by molar-refractivity contribution is 0.0898. The van der Waals surface area contributed by atoms with Crippen LogP contribution in [-0.2, 0) is 0 Å². The minimum absolute atomic E-state index is 0.183. The summed E-state index contributed by atoms with van der Waals surface area (Å²) in [5.74, 6) is -1.24. The maximum atomic E-state index is 12.9. The lowest BCUT2D eigenvalue weighted by atomic mass is 10.2. The predicted octanol–water partition coefficient (Wildman–Crippen LogP) is 2.80. The van der Waals surface area contributed by atoms with E-state index in [9.17, 15) is 14.0 Å². The number of carbonyl (C=O) groups is 2. The largest absolute Gasteiger partial charge is 0.350 e. The molecule has 0 aliphatic heterocycles. The highest BCUT2D eigenvalue weighted by Gasteiger charge is 2.16. The third kappa shape index (κ3) is 4.76. The molecule has 0 bridgehead atoms. The molecule has 0 aliphatic carbocycles. The zero-order valence-corrected chi connectivity index (χ0v) is 15.5. The van der Waals surface area contributed by atoms with Crippen molar-refractivity contribution in [3.63, 3.8) is 0 Å². The van der Waals surface area contributed by atoms with Crippen molar-refractivity contribution in [3.05, 3.63) is 70.3 Å². The van der Waals surface area contributed by atoms with Crippen molar-refractivity contribution in [2.45, 2.75) is 0 Å². The SMILES string of the molecule is O=C(NCCNC(=O)c1ccccc1Br)c1nc(-c2ccc(F)cc2)no1. The molecule has 138 valence electrons. The van der Waals surface area contributed by atoms with Crippen molar-refractivity contribution in [2.24, 2.45) is 0 Å². The second-order valence-electron chi connectivity index (χ2n) is 5.42. The molecule has 7 nitrogen and oxygen atoms in total. The molecular formula is C18H14BrFN4O3. The smallest absolute Gasteiger partial charge is 0.316 e. The summed E-state index contributed by atoms with van der Waals surface area (Å²) >= 11 is 3.31. The first-order valence-electron chi connectivity index (χ1n) is 7.95. The second kappa shape index (κ2) is 8.54. The van der Waals surface area contributed by atoms with E-state index in [0.717, 1.165) is 0 Å². The van der Waals surface area contributed by atoms with Crippen molar-refractivity contribution in [1.82, 2.24) is 20.8 Å². The Morgan fingerprint density at radius 2 is 1.67 bits per heavy atom. The van der Waals surface area contributed by atoms with E-state index in [2.05, 4.69) is 36.7 Å². The van der Waals surface area contributed by atoms with Crippen LogP contribution in [-0.4, -0.2) is 35.0 Å². The third-order valence-electron chi connectivity index (χ3n) is 3.54. The van der Waals surface area contributed by atoms with Gasteiger partial charge in [0.2, 0.25) is 5.82 Å². The first-order chi connectivity index (χ1) is 13.0. The van der Waals surface area contributed by atoms with Gasteiger partial charge in [-0.15, -0.1) is 0 Å². The number of aromatic nitrogens is 2. The molecule has 3 rings (SSSR count). The fourth-order valence-electron chi connectivity index (χ4n) is 2.20. The molecule has 9 heteroatoms. The Bertz CT molecular complexity index is 959. The summed E-state index contributed by atoms with van der Waals surface area (Å²) in [6.07, 6.45) is 0. The van der Waals surface area contributed by atoms with Crippen molar-refractivity contribution in [2.75, 3.05) is 13.1 Å².